The smallest absolute Gasteiger partial charge is 0.259 e. The molecule has 0 amide bonds. The Balaban J connectivity index is 1.93. The average Bonchev–Trinajstić information content (AvgIpc) is 2.52. The number of aromatic nitrogens is 2. The van der Waals surface area contributed by atoms with Crippen molar-refractivity contribution in [1.82, 2.24) is 9.97 Å². The van der Waals surface area contributed by atoms with Crippen LogP contribution in [0.1, 0.15) is 19.7 Å². The van der Waals surface area contributed by atoms with E-state index >= 15 is 0 Å². The monoisotopic (exact) mass is 334 g/mol. The van der Waals surface area contributed by atoms with Crippen molar-refractivity contribution in [2.75, 3.05) is 27.3 Å². The third-order valence-electron chi connectivity index (χ3n) is 4.29. The number of rotatable bonds is 4. The summed E-state index contributed by atoms with van der Waals surface area (Å²) in [5, 5.41) is 0.495. The Kier molecular flexibility index (Phi) is 4.73. The van der Waals surface area contributed by atoms with E-state index in [4.69, 9.17) is 14.2 Å². The zero-order chi connectivity index (χ0) is 17.3. The van der Waals surface area contributed by atoms with Crippen LogP contribution in [0, 0.1) is 0 Å². The summed E-state index contributed by atoms with van der Waals surface area (Å²) in [5.74, 6) is 1.76. The Hall–Kier alpha value is -2.12. The highest BCUT2D eigenvalue weighted by Crippen LogP contribution is 2.29. The van der Waals surface area contributed by atoms with Gasteiger partial charge >= 0.3 is 0 Å². The first-order valence-corrected chi connectivity index (χ1v) is 8.14. The number of benzene rings is 1. The zero-order valence-electron chi connectivity index (χ0n) is 14.5. The lowest BCUT2D eigenvalue weighted by atomic mass is 10.2. The van der Waals surface area contributed by atoms with E-state index in [1.807, 2.05) is 0 Å². The maximum atomic E-state index is 12.4. The molecule has 0 radical (unpaired) electrons. The Labute approximate surface area is 140 Å². The summed E-state index contributed by atoms with van der Waals surface area (Å²) in [5.41, 5.74) is 0.449. The molecule has 1 saturated heterocycles. The van der Waals surface area contributed by atoms with Crippen LogP contribution in [0.15, 0.2) is 16.9 Å². The van der Waals surface area contributed by atoms with Crippen molar-refractivity contribution in [2.24, 2.45) is 0 Å². The lowest BCUT2D eigenvalue weighted by Gasteiger charge is -2.32. The number of morpholine rings is 1. The molecule has 2 aromatic rings. The quantitative estimate of drug-likeness (QED) is 0.831. The number of hydrogen-bond acceptors (Lipinski definition) is 5. The minimum Gasteiger partial charge on any atom is -0.493 e. The number of fused-ring (bicyclic) bond motifs is 1. The molecule has 1 aliphatic heterocycles. The van der Waals surface area contributed by atoms with Crippen LogP contribution in [0.4, 0.5) is 0 Å². The summed E-state index contributed by atoms with van der Waals surface area (Å²) in [6.07, 6.45) is 0.417. The predicted octanol–water partition coefficient (Wildman–Crippen LogP) is 0.132. The van der Waals surface area contributed by atoms with Crippen molar-refractivity contribution in [3.63, 3.8) is 0 Å². The number of nitrogens with one attached hydrogen (secondary N) is 2. The van der Waals surface area contributed by atoms with Gasteiger partial charge in [0, 0.05) is 6.07 Å². The number of H-pyrrole nitrogens is 1. The number of nitrogens with zero attached hydrogens (tertiary/aromatic N) is 1. The van der Waals surface area contributed by atoms with Gasteiger partial charge < -0.3 is 24.1 Å². The fraction of sp³-hybridized carbons (Fsp3) is 0.529. The number of aromatic amines is 1. The second-order valence-electron chi connectivity index (χ2n) is 6.33. The fourth-order valence-electron chi connectivity index (χ4n) is 3.37. The van der Waals surface area contributed by atoms with E-state index in [-0.39, 0.29) is 17.8 Å². The van der Waals surface area contributed by atoms with E-state index in [1.54, 1.807) is 26.4 Å². The fourth-order valence-corrected chi connectivity index (χ4v) is 3.37. The molecule has 2 heterocycles. The third-order valence-corrected chi connectivity index (χ3v) is 4.29. The molecule has 1 fully saturated rings. The van der Waals surface area contributed by atoms with Crippen LogP contribution in [0.5, 0.6) is 11.5 Å². The van der Waals surface area contributed by atoms with Gasteiger partial charge in [0.15, 0.2) is 17.3 Å². The molecule has 7 nitrogen and oxygen atoms in total. The number of hydrogen-bond donors (Lipinski definition) is 2. The van der Waals surface area contributed by atoms with Crippen molar-refractivity contribution >= 4 is 10.9 Å². The van der Waals surface area contributed by atoms with Crippen LogP contribution in [-0.4, -0.2) is 49.5 Å². The van der Waals surface area contributed by atoms with Crippen molar-refractivity contribution < 1.29 is 19.1 Å². The van der Waals surface area contributed by atoms with Crippen LogP contribution >= 0.6 is 0 Å². The molecule has 1 aliphatic rings. The molecule has 2 N–H and O–H groups in total. The van der Waals surface area contributed by atoms with E-state index in [0.717, 1.165) is 13.1 Å². The molecule has 0 aliphatic carbocycles. The maximum absolute atomic E-state index is 12.4. The van der Waals surface area contributed by atoms with Crippen LogP contribution in [0.2, 0.25) is 0 Å². The van der Waals surface area contributed by atoms with Gasteiger partial charge in [-0.2, -0.15) is 0 Å². The minimum atomic E-state index is -0.162. The molecular weight excluding hydrogens is 310 g/mol. The number of ether oxygens (including phenoxy) is 3. The van der Waals surface area contributed by atoms with E-state index in [2.05, 4.69) is 23.8 Å². The van der Waals surface area contributed by atoms with Crippen molar-refractivity contribution in [3.8, 4) is 11.5 Å². The van der Waals surface area contributed by atoms with Gasteiger partial charge in [-0.05, 0) is 19.9 Å². The van der Waals surface area contributed by atoms with Gasteiger partial charge in [0.05, 0.1) is 25.1 Å². The topological polar surface area (TPSA) is 77.9 Å². The van der Waals surface area contributed by atoms with Crippen molar-refractivity contribution in [1.29, 1.82) is 0 Å². The first-order chi connectivity index (χ1) is 11.5. The highest BCUT2D eigenvalue weighted by molar-refractivity contribution is 5.81. The van der Waals surface area contributed by atoms with Gasteiger partial charge in [0.25, 0.3) is 5.56 Å². The van der Waals surface area contributed by atoms with Gasteiger partial charge in [0.2, 0.25) is 0 Å². The minimum absolute atomic E-state index is 0.162. The molecule has 1 aromatic carbocycles. The van der Waals surface area contributed by atoms with Crippen LogP contribution in [0.25, 0.3) is 10.9 Å². The predicted molar refractivity (Wildman–Crippen MR) is 89.9 cm³/mol. The highest BCUT2D eigenvalue weighted by atomic mass is 16.5. The van der Waals surface area contributed by atoms with Crippen LogP contribution in [-0.2, 0) is 11.3 Å². The molecule has 1 aromatic heterocycles. The number of methoxy groups -OCH3 is 2. The molecular formula is C17H24N3O4+. The van der Waals surface area contributed by atoms with Gasteiger partial charge in [-0.25, -0.2) is 4.98 Å². The lowest BCUT2D eigenvalue weighted by Crippen LogP contribution is -3.14. The largest absolute Gasteiger partial charge is 0.493 e. The van der Waals surface area contributed by atoms with Crippen LogP contribution < -0.4 is 19.9 Å². The molecule has 0 spiro atoms. The molecule has 130 valence electrons. The van der Waals surface area contributed by atoms with E-state index in [1.165, 1.54) is 4.90 Å². The highest BCUT2D eigenvalue weighted by Gasteiger charge is 2.26. The molecule has 1 unspecified atom stereocenters. The maximum Gasteiger partial charge on any atom is 0.259 e. The SMILES string of the molecule is COc1cc2nc(C[NH+]3C[C@@H](C)O[C@@H](C)C3)[nH]c(=O)c2cc1OC. The third kappa shape index (κ3) is 3.37. The second kappa shape index (κ2) is 6.78. The van der Waals surface area contributed by atoms with Gasteiger partial charge in [0.1, 0.15) is 31.8 Å². The lowest BCUT2D eigenvalue weighted by molar-refractivity contribution is -0.928. The van der Waals surface area contributed by atoms with E-state index < -0.39 is 0 Å². The first kappa shape index (κ1) is 16.7. The molecule has 24 heavy (non-hydrogen) atoms. The summed E-state index contributed by atoms with van der Waals surface area (Å²) in [7, 11) is 3.11. The van der Waals surface area contributed by atoms with Crippen molar-refractivity contribution in [2.45, 2.75) is 32.6 Å². The summed E-state index contributed by atoms with van der Waals surface area (Å²) in [4.78, 5) is 21.3. The van der Waals surface area contributed by atoms with E-state index in [0.29, 0.717) is 34.8 Å². The molecule has 3 rings (SSSR count). The molecule has 7 heteroatoms. The molecule has 0 saturated carbocycles. The average molecular weight is 334 g/mol. The zero-order valence-corrected chi connectivity index (χ0v) is 14.5. The normalized spacial score (nSPS) is 24.1. The Morgan fingerprint density at radius 2 is 1.83 bits per heavy atom. The summed E-state index contributed by atoms with van der Waals surface area (Å²) >= 11 is 0. The summed E-state index contributed by atoms with van der Waals surface area (Å²) < 4.78 is 16.3. The van der Waals surface area contributed by atoms with Gasteiger partial charge in [-0.15, -0.1) is 0 Å². The molecule has 0 bridgehead atoms. The summed E-state index contributed by atoms with van der Waals surface area (Å²) in [6.45, 7) is 6.61. The number of quaternary nitrogens is 1. The van der Waals surface area contributed by atoms with E-state index in [9.17, 15) is 4.79 Å². The Morgan fingerprint density at radius 3 is 2.46 bits per heavy atom. The van der Waals surface area contributed by atoms with Gasteiger partial charge in [-0.3, -0.25) is 4.79 Å². The van der Waals surface area contributed by atoms with Crippen LogP contribution in [0.3, 0.4) is 0 Å². The summed E-state index contributed by atoms with van der Waals surface area (Å²) in [6, 6.07) is 3.41. The van der Waals surface area contributed by atoms with Gasteiger partial charge in [-0.1, -0.05) is 0 Å². The second-order valence-corrected chi connectivity index (χ2v) is 6.33. The Bertz CT molecular complexity index is 779. The Morgan fingerprint density at radius 1 is 1.21 bits per heavy atom. The standard InChI is InChI=1S/C17H23N3O4/c1-10-7-20(8-11(2)24-10)9-16-18-13-6-15(23-4)14(22-3)5-12(13)17(21)19-16/h5-6,10-11H,7-9H2,1-4H3,(H,18,19,21)/p+1/t10-,11+. The molecule has 3 atom stereocenters. The first-order valence-electron chi connectivity index (χ1n) is 8.14. The van der Waals surface area contributed by atoms with Crippen molar-refractivity contribution in [3.05, 3.63) is 28.3 Å².